The van der Waals surface area contributed by atoms with E-state index in [-0.39, 0.29) is 5.56 Å². The normalized spacial score (nSPS) is 10.1. The van der Waals surface area contributed by atoms with E-state index >= 15 is 0 Å². The van der Waals surface area contributed by atoms with Gasteiger partial charge in [0.15, 0.2) is 0 Å². The second-order valence-electron chi connectivity index (χ2n) is 4.02. The number of pyridine rings is 1. The molecule has 0 bridgehead atoms. The molecule has 4 nitrogen and oxygen atoms in total. The number of carboxylic acids is 1. The lowest BCUT2D eigenvalue weighted by molar-refractivity contribution is 0.0696. The van der Waals surface area contributed by atoms with Crippen molar-refractivity contribution in [3.8, 4) is 11.5 Å². The third kappa shape index (κ3) is 2.66. The molecule has 0 aliphatic rings. The molecular weight excluding hydrogens is 230 g/mol. The number of hydrogen-bond donors (Lipinski definition) is 1. The zero-order chi connectivity index (χ0) is 13.1. The Morgan fingerprint density at radius 1 is 1.17 bits per heavy atom. The topological polar surface area (TPSA) is 59.4 Å². The first kappa shape index (κ1) is 12.1. The molecule has 1 N–H and O–H groups in total. The Labute approximate surface area is 105 Å². The predicted octanol–water partition coefficient (Wildman–Crippen LogP) is 3.19. The summed E-state index contributed by atoms with van der Waals surface area (Å²) in [6.45, 7) is 3.62. The van der Waals surface area contributed by atoms with Crippen LogP contribution in [0.15, 0.2) is 36.5 Å². The first-order valence-electron chi connectivity index (χ1n) is 5.51. The summed E-state index contributed by atoms with van der Waals surface area (Å²) in [5.41, 5.74) is 1.82. The summed E-state index contributed by atoms with van der Waals surface area (Å²) in [7, 11) is 0. The molecule has 0 saturated heterocycles. The van der Waals surface area contributed by atoms with Gasteiger partial charge in [-0.25, -0.2) is 4.79 Å². The third-order valence-corrected chi connectivity index (χ3v) is 2.53. The number of aryl methyl sites for hydroxylation is 2. The summed E-state index contributed by atoms with van der Waals surface area (Å²) in [5.74, 6) is 0.367. The molecule has 4 heteroatoms. The molecule has 0 atom stereocenters. The Morgan fingerprint density at radius 2 is 1.89 bits per heavy atom. The van der Waals surface area contributed by atoms with Crippen LogP contribution in [0.4, 0.5) is 0 Å². The van der Waals surface area contributed by atoms with Gasteiger partial charge in [0.1, 0.15) is 11.5 Å². The molecule has 1 aromatic heterocycles. The average Bonchev–Trinajstić information content (AvgIpc) is 2.28. The zero-order valence-electron chi connectivity index (χ0n) is 10.2. The second-order valence-corrected chi connectivity index (χ2v) is 4.02. The van der Waals surface area contributed by atoms with E-state index in [1.54, 1.807) is 37.4 Å². The standard InChI is InChI=1S/C14H13NO3/c1-9-7-11(3-4-13(9)14(16)17)18-12-5-6-15-10(2)8-12/h3-8H,1-2H3,(H,16,17). The molecule has 0 radical (unpaired) electrons. The predicted molar refractivity (Wildman–Crippen MR) is 67.2 cm³/mol. The van der Waals surface area contributed by atoms with Crippen molar-refractivity contribution in [2.45, 2.75) is 13.8 Å². The lowest BCUT2D eigenvalue weighted by Crippen LogP contribution is -1.99. The number of aromatic carboxylic acids is 1. The van der Waals surface area contributed by atoms with Crippen LogP contribution >= 0.6 is 0 Å². The molecule has 92 valence electrons. The van der Waals surface area contributed by atoms with Crippen LogP contribution in [-0.2, 0) is 0 Å². The van der Waals surface area contributed by atoms with Crippen molar-refractivity contribution in [2.75, 3.05) is 0 Å². The summed E-state index contributed by atoms with van der Waals surface area (Å²) >= 11 is 0. The van der Waals surface area contributed by atoms with Gasteiger partial charge in [-0.1, -0.05) is 0 Å². The summed E-state index contributed by atoms with van der Waals surface area (Å²) in [6.07, 6.45) is 1.67. The number of hydrogen-bond acceptors (Lipinski definition) is 3. The lowest BCUT2D eigenvalue weighted by Gasteiger charge is -2.08. The van der Waals surface area contributed by atoms with Crippen LogP contribution in [0, 0.1) is 13.8 Å². The van der Waals surface area contributed by atoms with Crippen LogP contribution < -0.4 is 4.74 Å². The molecule has 18 heavy (non-hydrogen) atoms. The first-order valence-corrected chi connectivity index (χ1v) is 5.51. The molecule has 1 aromatic carbocycles. The summed E-state index contributed by atoms with van der Waals surface area (Å²) in [5, 5.41) is 8.93. The van der Waals surface area contributed by atoms with E-state index in [1.807, 2.05) is 13.0 Å². The fraction of sp³-hybridized carbons (Fsp3) is 0.143. The zero-order valence-corrected chi connectivity index (χ0v) is 10.2. The minimum atomic E-state index is -0.932. The van der Waals surface area contributed by atoms with E-state index < -0.39 is 5.97 Å². The fourth-order valence-electron chi connectivity index (χ4n) is 1.66. The van der Waals surface area contributed by atoms with Crippen molar-refractivity contribution < 1.29 is 14.6 Å². The Bertz CT molecular complexity index is 593. The SMILES string of the molecule is Cc1cc(Oc2ccc(C(=O)O)c(C)c2)ccn1. The first-order chi connectivity index (χ1) is 8.56. The van der Waals surface area contributed by atoms with Gasteiger partial charge in [0.2, 0.25) is 0 Å². The van der Waals surface area contributed by atoms with E-state index in [1.165, 1.54) is 0 Å². The van der Waals surface area contributed by atoms with E-state index in [9.17, 15) is 4.79 Å². The number of benzene rings is 1. The van der Waals surface area contributed by atoms with Gasteiger partial charge in [0.25, 0.3) is 0 Å². The number of ether oxygens (including phenoxy) is 1. The van der Waals surface area contributed by atoms with Gasteiger partial charge in [-0.05, 0) is 43.7 Å². The van der Waals surface area contributed by atoms with Crippen LogP contribution in [0.2, 0.25) is 0 Å². The van der Waals surface area contributed by atoms with Gasteiger partial charge in [-0.2, -0.15) is 0 Å². The molecule has 1 heterocycles. The molecule has 0 fully saturated rings. The maximum Gasteiger partial charge on any atom is 0.335 e. The van der Waals surface area contributed by atoms with Crippen molar-refractivity contribution in [3.05, 3.63) is 53.3 Å². The molecule has 0 unspecified atom stereocenters. The average molecular weight is 243 g/mol. The van der Waals surface area contributed by atoms with Crippen molar-refractivity contribution >= 4 is 5.97 Å². The summed E-state index contributed by atoms with van der Waals surface area (Å²) < 4.78 is 5.64. The van der Waals surface area contributed by atoms with Crippen molar-refractivity contribution in [2.24, 2.45) is 0 Å². The van der Waals surface area contributed by atoms with Gasteiger partial charge in [0, 0.05) is 18.0 Å². The van der Waals surface area contributed by atoms with Crippen LogP contribution in [-0.4, -0.2) is 16.1 Å². The lowest BCUT2D eigenvalue weighted by atomic mass is 10.1. The molecule has 2 rings (SSSR count). The van der Waals surface area contributed by atoms with Crippen LogP contribution in [0.3, 0.4) is 0 Å². The molecule has 0 amide bonds. The maximum absolute atomic E-state index is 10.9. The van der Waals surface area contributed by atoms with Gasteiger partial charge in [-0.3, -0.25) is 4.98 Å². The number of aromatic nitrogens is 1. The Hall–Kier alpha value is -2.36. The van der Waals surface area contributed by atoms with E-state index in [0.717, 1.165) is 5.69 Å². The van der Waals surface area contributed by atoms with Gasteiger partial charge < -0.3 is 9.84 Å². The van der Waals surface area contributed by atoms with Gasteiger partial charge >= 0.3 is 5.97 Å². The minimum Gasteiger partial charge on any atom is -0.478 e. The second kappa shape index (κ2) is 4.87. The Morgan fingerprint density at radius 3 is 2.50 bits per heavy atom. The monoisotopic (exact) mass is 243 g/mol. The highest BCUT2D eigenvalue weighted by Gasteiger charge is 2.08. The van der Waals surface area contributed by atoms with Crippen LogP contribution in [0.1, 0.15) is 21.6 Å². The number of rotatable bonds is 3. The molecular formula is C14H13NO3. The molecule has 0 spiro atoms. The van der Waals surface area contributed by atoms with Gasteiger partial charge in [0.05, 0.1) is 5.56 Å². The Balaban J connectivity index is 2.25. The smallest absolute Gasteiger partial charge is 0.335 e. The highest BCUT2D eigenvalue weighted by Crippen LogP contribution is 2.23. The van der Waals surface area contributed by atoms with Crippen molar-refractivity contribution in [1.82, 2.24) is 4.98 Å². The van der Waals surface area contributed by atoms with Gasteiger partial charge in [-0.15, -0.1) is 0 Å². The quantitative estimate of drug-likeness (QED) is 0.899. The maximum atomic E-state index is 10.9. The largest absolute Gasteiger partial charge is 0.478 e. The minimum absolute atomic E-state index is 0.285. The van der Waals surface area contributed by atoms with E-state index in [4.69, 9.17) is 9.84 Å². The number of carboxylic acid groups (broad SMARTS) is 1. The Kier molecular flexibility index (Phi) is 3.28. The molecule has 0 aliphatic carbocycles. The number of carbonyl (C=O) groups is 1. The molecule has 0 saturated carbocycles. The number of nitrogens with zero attached hydrogens (tertiary/aromatic N) is 1. The highest BCUT2D eigenvalue weighted by molar-refractivity contribution is 5.89. The van der Waals surface area contributed by atoms with Crippen LogP contribution in [0.25, 0.3) is 0 Å². The van der Waals surface area contributed by atoms with Crippen molar-refractivity contribution in [1.29, 1.82) is 0 Å². The highest BCUT2D eigenvalue weighted by atomic mass is 16.5. The van der Waals surface area contributed by atoms with Crippen LogP contribution in [0.5, 0.6) is 11.5 Å². The van der Waals surface area contributed by atoms with Crippen molar-refractivity contribution in [3.63, 3.8) is 0 Å². The van der Waals surface area contributed by atoms with E-state index in [0.29, 0.717) is 17.1 Å². The summed E-state index contributed by atoms with van der Waals surface area (Å²) in [6, 6.07) is 8.47. The van der Waals surface area contributed by atoms with E-state index in [2.05, 4.69) is 4.98 Å². The summed E-state index contributed by atoms with van der Waals surface area (Å²) in [4.78, 5) is 15.0. The fourth-order valence-corrected chi connectivity index (χ4v) is 1.66. The molecule has 0 aliphatic heterocycles. The third-order valence-electron chi connectivity index (χ3n) is 2.53. The molecule has 2 aromatic rings.